The van der Waals surface area contributed by atoms with Crippen molar-refractivity contribution in [2.45, 2.75) is 12.5 Å². The predicted molar refractivity (Wildman–Crippen MR) is 60.4 cm³/mol. The summed E-state index contributed by atoms with van der Waals surface area (Å²) in [5.41, 5.74) is 1.51. The molecule has 0 aliphatic rings. The quantitative estimate of drug-likeness (QED) is 0.854. The van der Waals surface area contributed by atoms with Gasteiger partial charge >= 0.3 is 5.97 Å². The first-order valence-corrected chi connectivity index (χ1v) is 5.13. The first-order chi connectivity index (χ1) is 8.11. The van der Waals surface area contributed by atoms with Gasteiger partial charge < -0.3 is 14.8 Å². The van der Waals surface area contributed by atoms with Crippen molar-refractivity contribution >= 4 is 16.9 Å². The van der Waals surface area contributed by atoms with Gasteiger partial charge in [0.15, 0.2) is 6.10 Å². The Kier molecular flexibility index (Phi) is 3.10. The maximum absolute atomic E-state index is 13.1. The average Bonchev–Trinajstić information content (AvgIpc) is 2.68. The molecule has 1 atom stereocenters. The van der Waals surface area contributed by atoms with E-state index >= 15 is 0 Å². The fourth-order valence-corrected chi connectivity index (χ4v) is 1.79. The Hall–Kier alpha value is -1.88. The maximum Gasteiger partial charge on any atom is 0.333 e. The molecule has 0 saturated carbocycles. The van der Waals surface area contributed by atoms with Crippen LogP contribution in [-0.4, -0.2) is 29.3 Å². The molecule has 1 aromatic heterocycles. The molecule has 0 radical (unpaired) electrons. The number of hydrogen-bond donors (Lipinski definition) is 2. The summed E-state index contributed by atoms with van der Waals surface area (Å²) < 4.78 is 18.0. The Bertz CT molecular complexity index is 550. The molecular weight excluding hydrogens is 225 g/mol. The largest absolute Gasteiger partial charge is 0.479 e. The fraction of sp³-hybridized carbons (Fsp3) is 0.250. The molecule has 0 saturated heterocycles. The lowest BCUT2D eigenvalue weighted by Crippen LogP contribution is -2.24. The molecule has 2 N–H and O–H groups in total. The van der Waals surface area contributed by atoms with E-state index in [4.69, 9.17) is 9.84 Å². The number of carboxylic acids is 1. The van der Waals surface area contributed by atoms with Crippen LogP contribution in [0.25, 0.3) is 10.9 Å². The highest BCUT2D eigenvalue weighted by molar-refractivity contribution is 5.84. The van der Waals surface area contributed by atoms with Crippen LogP contribution in [0.3, 0.4) is 0 Å². The molecule has 2 aromatic rings. The number of carbonyl (C=O) groups is 1. The molecule has 0 aliphatic carbocycles. The molecule has 17 heavy (non-hydrogen) atoms. The van der Waals surface area contributed by atoms with Crippen molar-refractivity contribution in [2.75, 3.05) is 7.11 Å². The third kappa shape index (κ3) is 2.29. The van der Waals surface area contributed by atoms with Crippen molar-refractivity contribution in [2.24, 2.45) is 0 Å². The van der Waals surface area contributed by atoms with Gasteiger partial charge in [-0.25, -0.2) is 9.18 Å². The van der Waals surface area contributed by atoms with E-state index in [0.717, 1.165) is 11.1 Å². The molecular formula is C12H12FNO3. The Labute approximate surface area is 97.0 Å². The van der Waals surface area contributed by atoms with Crippen LogP contribution in [0.2, 0.25) is 0 Å². The van der Waals surface area contributed by atoms with Gasteiger partial charge in [-0.1, -0.05) is 0 Å². The number of carboxylic acid groups (broad SMARTS) is 1. The smallest absolute Gasteiger partial charge is 0.333 e. The van der Waals surface area contributed by atoms with E-state index in [-0.39, 0.29) is 12.2 Å². The van der Waals surface area contributed by atoms with Gasteiger partial charge in [-0.3, -0.25) is 0 Å². The van der Waals surface area contributed by atoms with Crippen LogP contribution in [-0.2, 0) is 16.0 Å². The van der Waals surface area contributed by atoms with E-state index in [1.54, 1.807) is 12.3 Å². The third-order valence-corrected chi connectivity index (χ3v) is 2.69. The van der Waals surface area contributed by atoms with Gasteiger partial charge in [0.05, 0.1) is 0 Å². The predicted octanol–water partition coefficient (Wildman–Crippen LogP) is 1.95. The zero-order valence-corrected chi connectivity index (χ0v) is 9.24. The molecule has 0 amide bonds. The first-order valence-electron chi connectivity index (χ1n) is 5.13. The van der Waals surface area contributed by atoms with Gasteiger partial charge in [0.1, 0.15) is 5.82 Å². The molecule has 90 valence electrons. The number of aliphatic carboxylic acids is 1. The molecule has 0 aliphatic heterocycles. The number of methoxy groups -OCH3 is 1. The first kappa shape index (κ1) is 11.6. The maximum atomic E-state index is 13.1. The number of rotatable bonds is 4. The molecule has 0 spiro atoms. The zero-order valence-electron chi connectivity index (χ0n) is 9.24. The minimum atomic E-state index is -1.03. The molecule has 0 bridgehead atoms. The lowest BCUT2D eigenvalue weighted by molar-refractivity contribution is -0.148. The summed E-state index contributed by atoms with van der Waals surface area (Å²) in [5.74, 6) is -1.37. The molecule has 1 aromatic carbocycles. The summed E-state index contributed by atoms with van der Waals surface area (Å²) in [6, 6.07) is 4.36. The second kappa shape index (κ2) is 4.55. The SMILES string of the molecule is CO[C@@H](Cc1c[nH]c2ccc(F)cc12)C(=O)O. The van der Waals surface area contributed by atoms with Crippen LogP contribution >= 0.6 is 0 Å². The number of fused-ring (bicyclic) bond motifs is 1. The Morgan fingerprint density at radius 2 is 2.35 bits per heavy atom. The van der Waals surface area contributed by atoms with Crippen LogP contribution in [0.4, 0.5) is 4.39 Å². The molecule has 1 heterocycles. The van der Waals surface area contributed by atoms with Gasteiger partial charge in [-0.2, -0.15) is 0 Å². The van der Waals surface area contributed by atoms with Crippen molar-refractivity contribution < 1.29 is 19.0 Å². The van der Waals surface area contributed by atoms with Crippen LogP contribution in [0.5, 0.6) is 0 Å². The number of hydrogen-bond acceptors (Lipinski definition) is 2. The number of aromatic amines is 1. The lowest BCUT2D eigenvalue weighted by atomic mass is 10.1. The van der Waals surface area contributed by atoms with E-state index < -0.39 is 12.1 Å². The number of H-pyrrole nitrogens is 1. The number of aromatic nitrogens is 1. The van der Waals surface area contributed by atoms with Crippen molar-refractivity contribution in [3.8, 4) is 0 Å². The number of halogens is 1. The second-order valence-corrected chi connectivity index (χ2v) is 3.77. The lowest BCUT2D eigenvalue weighted by Gasteiger charge is -2.09. The molecule has 2 rings (SSSR count). The van der Waals surface area contributed by atoms with Gasteiger partial charge in [-0.05, 0) is 23.8 Å². The number of nitrogens with one attached hydrogen (secondary N) is 1. The average molecular weight is 237 g/mol. The van der Waals surface area contributed by atoms with Crippen molar-refractivity contribution in [1.29, 1.82) is 0 Å². The minimum Gasteiger partial charge on any atom is -0.479 e. The highest BCUT2D eigenvalue weighted by Gasteiger charge is 2.18. The summed E-state index contributed by atoms with van der Waals surface area (Å²) >= 11 is 0. The Morgan fingerprint density at radius 3 is 3.00 bits per heavy atom. The van der Waals surface area contributed by atoms with E-state index in [0.29, 0.717) is 5.39 Å². The molecule has 0 unspecified atom stereocenters. The van der Waals surface area contributed by atoms with Crippen molar-refractivity contribution in [3.05, 3.63) is 35.8 Å². The molecule has 0 fully saturated rings. The van der Waals surface area contributed by atoms with Crippen molar-refractivity contribution in [1.82, 2.24) is 4.98 Å². The molecule has 5 heteroatoms. The van der Waals surface area contributed by atoms with E-state index in [9.17, 15) is 9.18 Å². The summed E-state index contributed by atoms with van der Waals surface area (Å²) in [5, 5.41) is 9.58. The zero-order chi connectivity index (χ0) is 12.4. The summed E-state index contributed by atoms with van der Waals surface area (Å²) in [6.07, 6.45) is 0.964. The van der Waals surface area contributed by atoms with Crippen molar-refractivity contribution in [3.63, 3.8) is 0 Å². The fourth-order valence-electron chi connectivity index (χ4n) is 1.79. The minimum absolute atomic E-state index is 0.204. The molecule has 4 nitrogen and oxygen atoms in total. The highest BCUT2D eigenvalue weighted by Crippen LogP contribution is 2.21. The second-order valence-electron chi connectivity index (χ2n) is 3.77. The van der Waals surface area contributed by atoms with E-state index in [1.807, 2.05) is 0 Å². The van der Waals surface area contributed by atoms with Gasteiger partial charge in [0.25, 0.3) is 0 Å². The van der Waals surface area contributed by atoms with Crippen LogP contribution in [0.1, 0.15) is 5.56 Å². The third-order valence-electron chi connectivity index (χ3n) is 2.69. The Morgan fingerprint density at radius 1 is 1.59 bits per heavy atom. The van der Waals surface area contributed by atoms with Crippen LogP contribution in [0.15, 0.2) is 24.4 Å². The monoisotopic (exact) mass is 237 g/mol. The van der Waals surface area contributed by atoms with Gasteiger partial charge in [0, 0.05) is 30.6 Å². The summed E-state index contributed by atoms with van der Waals surface area (Å²) in [4.78, 5) is 13.8. The summed E-state index contributed by atoms with van der Waals surface area (Å²) in [7, 11) is 1.34. The van der Waals surface area contributed by atoms with Gasteiger partial charge in [-0.15, -0.1) is 0 Å². The number of ether oxygens (including phenoxy) is 1. The standard InChI is InChI=1S/C12H12FNO3/c1-17-11(12(15)16)4-7-6-14-10-3-2-8(13)5-9(7)10/h2-3,5-6,11,14H,4H2,1H3,(H,15,16)/t11-/m0/s1. The summed E-state index contributed by atoms with van der Waals surface area (Å²) in [6.45, 7) is 0. The van der Waals surface area contributed by atoms with Crippen LogP contribution < -0.4 is 0 Å². The highest BCUT2D eigenvalue weighted by atomic mass is 19.1. The normalized spacial score (nSPS) is 12.8. The Balaban J connectivity index is 2.35. The van der Waals surface area contributed by atoms with E-state index in [2.05, 4.69) is 4.98 Å². The van der Waals surface area contributed by atoms with E-state index in [1.165, 1.54) is 19.2 Å². The topological polar surface area (TPSA) is 62.3 Å². The van der Waals surface area contributed by atoms with Crippen LogP contribution in [0, 0.1) is 5.82 Å². The van der Waals surface area contributed by atoms with Gasteiger partial charge in [0.2, 0.25) is 0 Å². The number of benzene rings is 1.